The highest BCUT2D eigenvalue weighted by Crippen LogP contribution is 2.21. The van der Waals surface area contributed by atoms with Crippen LogP contribution < -0.4 is 5.32 Å². The van der Waals surface area contributed by atoms with E-state index in [0.717, 1.165) is 24.6 Å². The van der Waals surface area contributed by atoms with Crippen LogP contribution in [0.5, 0.6) is 0 Å². The number of carbonyl (C=O) groups excluding carboxylic acids is 1. The second-order valence-corrected chi connectivity index (χ2v) is 7.35. The van der Waals surface area contributed by atoms with Crippen LogP contribution in [0.1, 0.15) is 58.6 Å². The third-order valence-electron chi connectivity index (χ3n) is 4.05. The van der Waals surface area contributed by atoms with Gasteiger partial charge in [-0.25, -0.2) is 4.68 Å². The molecule has 0 bridgehead atoms. The number of carbonyl (C=O) groups is 1. The number of nitrogens with zero attached hydrogens (tertiary/aromatic N) is 3. The molecule has 0 saturated carbocycles. The molecule has 1 aliphatic rings. The van der Waals surface area contributed by atoms with Gasteiger partial charge in [-0.1, -0.05) is 19.3 Å². The van der Waals surface area contributed by atoms with Crippen molar-refractivity contribution in [1.29, 1.82) is 0 Å². The van der Waals surface area contributed by atoms with E-state index in [1.165, 1.54) is 32.1 Å². The molecule has 1 amide bonds. The Hall–Kier alpha value is -1.36. The Morgan fingerprint density at radius 1 is 1.18 bits per heavy atom. The lowest BCUT2D eigenvalue weighted by Gasteiger charge is -2.25. The van der Waals surface area contributed by atoms with Crippen LogP contribution in [-0.2, 0) is 10.3 Å². The lowest BCUT2D eigenvalue weighted by molar-refractivity contribution is -0.117. The van der Waals surface area contributed by atoms with E-state index in [2.05, 4.69) is 36.1 Å². The Bertz CT molecular complexity index is 493. The van der Waals surface area contributed by atoms with E-state index in [1.54, 1.807) is 0 Å². The average Bonchev–Trinajstić information content (AvgIpc) is 2.73. The molecule has 2 heterocycles. The summed E-state index contributed by atoms with van der Waals surface area (Å²) in [6.45, 7) is 10.8. The first-order valence-corrected chi connectivity index (χ1v) is 8.45. The molecule has 5 nitrogen and oxygen atoms in total. The Balaban J connectivity index is 1.97. The summed E-state index contributed by atoms with van der Waals surface area (Å²) in [5.74, 6) is 0.855. The second-order valence-electron chi connectivity index (χ2n) is 7.35. The number of nitrogens with one attached hydrogen (secondary N) is 1. The molecule has 0 spiro atoms. The molecule has 0 unspecified atom stereocenters. The molecule has 22 heavy (non-hydrogen) atoms. The van der Waals surface area contributed by atoms with E-state index in [1.807, 2.05) is 17.7 Å². The van der Waals surface area contributed by atoms with Crippen molar-refractivity contribution >= 4 is 11.7 Å². The molecule has 1 saturated heterocycles. The van der Waals surface area contributed by atoms with Gasteiger partial charge in [-0.05, 0) is 53.6 Å². The summed E-state index contributed by atoms with van der Waals surface area (Å²) < 4.78 is 1.90. The van der Waals surface area contributed by atoms with Gasteiger partial charge in [0.25, 0.3) is 0 Å². The predicted octanol–water partition coefficient (Wildman–Crippen LogP) is 3.15. The largest absolute Gasteiger partial charge is 0.310 e. The van der Waals surface area contributed by atoms with E-state index >= 15 is 0 Å². The van der Waals surface area contributed by atoms with Crippen molar-refractivity contribution in [3.63, 3.8) is 0 Å². The van der Waals surface area contributed by atoms with Gasteiger partial charge in [0.1, 0.15) is 5.82 Å². The average molecular weight is 306 g/mol. The third-order valence-corrected chi connectivity index (χ3v) is 4.05. The summed E-state index contributed by atoms with van der Waals surface area (Å²) in [6.07, 6.45) is 6.31. The molecule has 1 aromatic rings. The molecular formula is C17H30N4O. The first kappa shape index (κ1) is 17.0. The van der Waals surface area contributed by atoms with Gasteiger partial charge in [0.15, 0.2) is 0 Å². The normalized spacial score (nSPS) is 17.8. The van der Waals surface area contributed by atoms with Crippen LogP contribution in [0.2, 0.25) is 0 Å². The van der Waals surface area contributed by atoms with Crippen molar-refractivity contribution in [3.8, 4) is 0 Å². The van der Waals surface area contributed by atoms with Crippen molar-refractivity contribution in [3.05, 3.63) is 11.8 Å². The fourth-order valence-corrected chi connectivity index (χ4v) is 2.96. The Labute approximate surface area is 134 Å². The molecule has 5 heteroatoms. The summed E-state index contributed by atoms with van der Waals surface area (Å²) in [5.41, 5.74) is 0.786. The number of likely N-dealkylation sites (tertiary alicyclic amines) is 1. The Morgan fingerprint density at radius 3 is 2.36 bits per heavy atom. The van der Waals surface area contributed by atoms with Gasteiger partial charge in [0.2, 0.25) is 5.91 Å². The lowest BCUT2D eigenvalue weighted by Crippen LogP contribution is -2.36. The first-order valence-electron chi connectivity index (χ1n) is 8.45. The number of hydrogen-bond acceptors (Lipinski definition) is 3. The van der Waals surface area contributed by atoms with Crippen LogP contribution >= 0.6 is 0 Å². The third kappa shape index (κ3) is 4.83. The number of hydrogen-bond donors (Lipinski definition) is 1. The SMILES string of the molecule is Cc1cc(NC(=O)CN2CCCCCCC2)n(C(C)(C)C)n1. The van der Waals surface area contributed by atoms with Crippen LogP contribution in [0.25, 0.3) is 0 Å². The minimum atomic E-state index is -0.141. The van der Waals surface area contributed by atoms with Crippen molar-refractivity contribution < 1.29 is 4.79 Å². The smallest absolute Gasteiger partial charge is 0.239 e. The van der Waals surface area contributed by atoms with Gasteiger partial charge in [0.05, 0.1) is 17.8 Å². The Morgan fingerprint density at radius 2 is 1.77 bits per heavy atom. The topological polar surface area (TPSA) is 50.2 Å². The molecule has 1 N–H and O–H groups in total. The maximum Gasteiger partial charge on any atom is 0.239 e. The van der Waals surface area contributed by atoms with Gasteiger partial charge in [-0.3, -0.25) is 9.69 Å². The van der Waals surface area contributed by atoms with E-state index in [4.69, 9.17) is 0 Å². The van der Waals surface area contributed by atoms with Crippen molar-refractivity contribution in [1.82, 2.24) is 14.7 Å². The minimum absolute atomic E-state index is 0.0611. The van der Waals surface area contributed by atoms with E-state index in [9.17, 15) is 4.79 Å². The van der Waals surface area contributed by atoms with Gasteiger partial charge in [-0.15, -0.1) is 0 Å². The van der Waals surface area contributed by atoms with Crippen LogP contribution in [-0.4, -0.2) is 40.2 Å². The second kappa shape index (κ2) is 7.27. The van der Waals surface area contributed by atoms with Crippen LogP contribution in [0.15, 0.2) is 6.07 Å². The maximum atomic E-state index is 12.4. The van der Waals surface area contributed by atoms with Gasteiger partial charge < -0.3 is 5.32 Å². The molecule has 0 radical (unpaired) electrons. The van der Waals surface area contributed by atoms with Crippen LogP contribution in [0.4, 0.5) is 5.82 Å². The zero-order valence-electron chi connectivity index (χ0n) is 14.5. The van der Waals surface area contributed by atoms with Crippen molar-refractivity contribution in [2.24, 2.45) is 0 Å². The molecule has 0 aromatic carbocycles. The van der Waals surface area contributed by atoms with E-state index in [0.29, 0.717) is 6.54 Å². The van der Waals surface area contributed by atoms with Gasteiger partial charge >= 0.3 is 0 Å². The zero-order valence-corrected chi connectivity index (χ0v) is 14.5. The summed E-state index contributed by atoms with van der Waals surface area (Å²) in [4.78, 5) is 14.7. The van der Waals surface area contributed by atoms with E-state index in [-0.39, 0.29) is 11.4 Å². The van der Waals surface area contributed by atoms with Crippen LogP contribution in [0, 0.1) is 6.92 Å². The van der Waals surface area contributed by atoms with Crippen molar-refractivity contribution in [2.45, 2.75) is 65.3 Å². The first-order chi connectivity index (χ1) is 10.4. The maximum absolute atomic E-state index is 12.4. The zero-order chi connectivity index (χ0) is 16.2. The highest BCUT2D eigenvalue weighted by atomic mass is 16.2. The number of anilines is 1. The number of amides is 1. The summed E-state index contributed by atoms with van der Waals surface area (Å²) in [6, 6.07) is 1.94. The quantitative estimate of drug-likeness (QED) is 0.933. The molecule has 1 aromatic heterocycles. The predicted molar refractivity (Wildman–Crippen MR) is 90.1 cm³/mol. The lowest BCUT2D eigenvalue weighted by atomic mass is 10.1. The van der Waals surface area contributed by atoms with E-state index < -0.39 is 0 Å². The van der Waals surface area contributed by atoms with Gasteiger partial charge in [0, 0.05) is 6.07 Å². The number of aromatic nitrogens is 2. The van der Waals surface area contributed by atoms with Gasteiger partial charge in [-0.2, -0.15) is 5.10 Å². The standard InChI is InChI=1S/C17H30N4O/c1-14-12-15(21(19-14)17(2,3)4)18-16(22)13-20-10-8-6-5-7-9-11-20/h12H,5-11,13H2,1-4H3,(H,18,22). The minimum Gasteiger partial charge on any atom is -0.310 e. The monoisotopic (exact) mass is 306 g/mol. The fraction of sp³-hybridized carbons (Fsp3) is 0.765. The highest BCUT2D eigenvalue weighted by molar-refractivity contribution is 5.91. The summed E-state index contributed by atoms with van der Waals surface area (Å²) in [7, 11) is 0. The molecular weight excluding hydrogens is 276 g/mol. The molecule has 1 aliphatic heterocycles. The molecule has 0 aliphatic carbocycles. The molecule has 2 rings (SSSR count). The number of aryl methyl sites for hydroxylation is 1. The summed E-state index contributed by atoms with van der Waals surface area (Å²) >= 11 is 0. The molecule has 1 fully saturated rings. The van der Waals surface area contributed by atoms with Crippen molar-refractivity contribution in [2.75, 3.05) is 25.0 Å². The number of rotatable bonds is 3. The fourth-order valence-electron chi connectivity index (χ4n) is 2.96. The Kier molecular flexibility index (Phi) is 5.62. The molecule has 0 atom stereocenters. The molecule has 124 valence electrons. The summed E-state index contributed by atoms with van der Waals surface area (Å²) in [5, 5.41) is 7.54. The van der Waals surface area contributed by atoms with Crippen LogP contribution in [0.3, 0.4) is 0 Å². The highest BCUT2D eigenvalue weighted by Gasteiger charge is 2.20.